The van der Waals surface area contributed by atoms with E-state index in [-0.39, 0.29) is 17.1 Å². The zero-order valence-electron chi connectivity index (χ0n) is 17.8. The molecule has 0 spiro atoms. The molecule has 0 radical (unpaired) electrons. The van der Waals surface area contributed by atoms with E-state index in [1.54, 1.807) is 0 Å². The van der Waals surface area contributed by atoms with E-state index in [1.807, 2.05) is 60.7 Å². The average Bonchev–Trinajstić information content (AvgIpc) is 3.15. The summed E-state index contributed by atoms with van der Waals surface area (Å²) >= 11 is 0. The third-order valence-electron chi connectivity index (χ3n) is 6.56. The lowest BCUT2D eigenvalue weighted by Crippen LogP contribution is -2.38. The number of ketones is 1. The molecule has 5 rings (SSSR count). The molecule has 0 N–H and O–H groups in total. The van der Waals surface area contributed by atoms with Gasteiger partial charge in [-0.3, -0.25) is 10.1 Å². The first-order valence-corrected chi connectivity index (χ1v) is 10.9. The third kappa shape index (κ3) is 3.40. The number of aromatic nitrogens is 1. The van der Waals surface area contributed by atoms with Crippen LogP contribution in [-0.4, -0.2) is 21.3 Å². The van der Waals surface area contributed by atoms with Crippen molar-refractivity contribution in [3.63, 3.8) is 0 Å². The van der Waals surface area contributed by atoms with E-state index in [4.69, 9.17) is 0 Å². The van der Waals surface area contributed by atoms with Crippen LogP contribution in [0.5, 0.6) is 0 Å². The summed E-state index contributed by atoms with van der Waals surface area (Å²) in [4.78, 5) is 24.4. The van der Waals surface area contributed by atoms with Crippen molar-refractivity contribution >= 4 is 16.7 Å². The number of benzene rings is 3. The van der Waals surface area contributed by atoms with Gasteiger partial charge in [0, 0.05) is 35.0 Å². The van der Waals surface area contributed by atoms with Gasteiger partial charge in [0.15, 0.2) is 0 Å². The Bertz CT molecular complexity index is 1290. The van der Waals surface area contributed by atoms with Gasteiger partial charge in [-0.2, -0.15) is 0 Å². The Kier molecular flexibility index (Phi) is 5.10. The van der Waals surface area contributed by atoms with Crippen molar-refractivity contribution in [1.29, 1.82) is 0 Å². The highest BCUT2D eigenvalue weighted by Gasteiger charge is 2.47. The Morgan fingerprint density at radius 1 is 0.938 bits per heavy atom. The van der Waals surface area contributed by atoms with Gasteiger partial charge in [-0.25, -0.2) is 0 Å². The molecule has 0 unspecified atom stereocenters. The summed E-state index contributed by atoms with van der Waals surface area (Å²) in [5.41, 5.74) is 5.02. The molecule has 0 saturated carbocycles. The van der Waals surface area contributed by atoms with Gasteiger partial charge >= 0.3 is 0 Å². The van der Waals surface area contributed by atoms with Crippen molar-refractivity contribution in [2.45, 2.75) is 37.8 Å². The van der Waals surface area contributed by atoms with Crippen LogP contribution in [0.25, 0.3) is 10.9 Å². The van der Waals surface area contributed by atoms with Gasteiger partial charge in [0.05, 0.1) is 11.8 Å². The van der Waals surface area contributed by atoms with E-state index in [2.05, 4.69) is 29.0 Å². The molecule has 0 bridgehead atoms. The van der Waals surface area contributed by atoms with Gasteiger partial charge in [0.25, 0.3) is 0 Å². The average molecular weight is 425 g/mol. The summed E-state index contributed by atoms with van der Waals surface area (Å²) in [6, 6.07) is 25.0. The van der Waals surface area contributed by atoms with Crippen LogP contribution in [0.4, 0.5) is 0 Å². The second kappa shape index (κ2) is 8.08. The highest BCUT2D eigenvalue weighted by atomic mass is 16.6. The van der Waals surface area contributed by atoms with Crippen LogP contribution in [0.15, 0.2) is 85.1 Å². The van der Waals surface area contributed by atoms with E-state index in [0.717, 1.165) is 27.6 Å². The molecule has 0 fully saturated rings. The molecule has 1 aromatic heterocycles. The van der Waals surface area contributed by atoms with Crippen molar-refractivity contribution in [1.82, 2.24) is 4.57 Å². The monoisotopic (exact) mass is 424 g/mol. The molecule has 5 nitrogen and oxygen atoms in total. The quantitative estimate of drug-likeness (QED) is 0.301. The molecule has 4 aromatic rings. The SMILES string of the molecule is CC(=O)C[C@H]1c2cccc3c2c(cn3Cc2ccccc2)[C@@H](c2ccccc2)[C@@H]1[N+](=O)[O-]. The summed E-state index contributed by atoms with van der Waals surface area (Å²) in [7, 11) is 0. The standard InChI is InChI=1S/C27H24N2O3/c1-18(30)15-22-21-13-8-14-24-26(21)23(17-28(24)16-19-9-4-2-5-10-19)25(27(22)29(31)32)20-11-6-3-7-12-20/h2-14,17,22,25,27H,15-16H2,1H3/t22-,25+,27+/m0/s1. The maximum absolute atomic E-state index is 12.4. The van der Waals surface area contributed by atoms with Crippen molar-refractivity contribution < 1.29 is 9.72 Å². The zero-order valence-corrected chi connectivity index (χ0v) is 17.8. The maximum Gasteiger partial charge on any atom is 0.231 e. The van der Waals surface area contributed by atoms with Gasteiger partial charge in [0.2, 0.25) is 6.04 Å². The first kappa shape index (κ1) is 20.2. The first-order valence-electron chi connectivity index (χ1n) is 10.9. The molecule has 0 aliphatic heterocycles. The normalized spacial score (nSPS) is 19.7. The van der Waals surface area contributed by atoms with Crippen LogP contribution in [0, 0.1) is 10.1 Å². The van der Waals surface area contributed by atoms with Gasteiger partial charge < -0.3 is 9.36 Å². The zero-order chi connectivity index (χ0) is 22.2. The number of hydrogen-bond acceptors (Lipinski definition) is 3. The number of Topliss-reactive ketones (excluding diaryl/α,β-unsaturated/α-hetero) is 1. The van der Waals surface area contributed by atoms with Gasteiger partial charge in [0.1, 0.15) is 5.78 Å². The van der Waals surface area contributed by atoms with E-state index in [0.29, 0.717) is 6.54 Å². The van der Waals surface area contributed by atoms with Crippen LogP contribution >= 0.6 is 0 Å². The summed E-state index contributed by atoms with van der Waals surface area (Å²) in [5, 5.41) is 13.5. The molecule has 1 heterocycles. The lowest BCUT2D eigenvalue weighted by atomic mass is 9.70. The Morgan fingerprint density at radius 3 is 2.28 bits per heavy atom. The van der Waals surface area contributed by atoms with Gasteiger partial charge in [-0.15, -0.1) is 0 Å². The highest BCUT2D eigenvalue weighted by molar-refractivity contribution is 5.91. The predicted octanol–water partition coefficient (Wildman–Crippen LogP) is 5.54. The Hall–Kier alpha value is -3.73. The van der Waals surface area contributed by atoms with E-state index in [9.17, 15) is 14.9 Å². The van der Waals surface area contributed by atoms with Crippen LogP contribution in [0.3, 0.4) is 0 Å². The summed E-state index contributed by atoms with van der Waals surface area (Å²) in [6.07, 6.45) is 2.25. The highest BCUT2D eigenvalue weighted by Crippen LogP contribution is 2.49. The minimum Gasteiger partial charge on any atom is -0.343 e. The lowest BCUT2D eigenvalue weighted by Gasteiger charge is -2.32. The van der Waals surface area contributed by atoms with Gasteiger partial charge in [-0.1, -0.05) is 72.8 Å². The number of nitrogens with zero attached hydrogens (tertiary/aromatic N) is 2. The van der Waals surface area contributed by atoms with E-state index < -0.39 is 17.9 Å². The molecular weight excluding hydrogens is 400 g/mol. The summed E-state index contributed by atoms with van der Waals surface area (Å²) in [6.45, 7) is 2.20. The fourth-order valence-corrected chi connectivity index (χ4v) is 5.32. The fraction of sp³-hybridized carbons (Fsp3) is 0.222. The smallest absolute Gasteiger partial charge is 0.231 e. The second-order valence-electron chi connectivity index (χ2n) is 8.62. The molecule has 0 saturated heterocycles. The molecule has 0 amide bonds. The Morgan fingerprint density at radius 2 is 1.62 bits per heavy atom. The fourth-order valence-electron chi connectivity index (χ4n) is 5.32. The van der Waals surface area contributed by atoms with Gasteiger partial charge in [-0.05, 0) is 35.2 Å². The molecule has 1 aliphatic carbocycles. The summed E-state index contributed by atoms with van der Waals surface area (Å²) < 4.78 is 2.19. The van der Waals surface area contributed by atoms with Crippen LogP contribution in [0.2, 0.25) is 0 Å². The molecule has 1 aliphatic rings. The van der Waals surface area contributed by atoms with Crippen molar-refractivity contribution in [3.05, 3.63) is 117 Å². The number of carbonyl (C=O) groups excluding carboxylic acids is 1. The molecule has 32 heavy (non-hydrogen) atoms. The van der Waals surface area contributed by atoms with E-state index in [1.165, 1.54) is 12.5 Å². The third-order valence-corrected chi connectivity index (χ3v) is 6.56. The molecule has 3 aromatic carbocycles. The molecular formula is C27H24N2O3. The van der Waals surface area contributed by atoms with Crippen molar-refractivity contribution in [3.8, 4) is 0 Å². The number of hydrogen-bond donors (Lipinski definition) is 0. The van der Waals surface area contributed by atoms with Crippen LogP contribution in [0.1, 0.15) is 47.4 Å². The largest absolute Gasteiger partial charge is 0.343 e. The number of nitro groups is 1. The molecule has 160 valence electrons. The van der Waals surface area contributed by atoms with E-state index >= 15 is 0 Å². The minimum atomic E-state index is -0.896. The number of carbonyl (C=O) groups is 1. The van der Waals surface area contributed by atoms with Crippen molar-refractivity contribution in [2.24, 2.45) is 0 Å². The van der Waals surface area contributed by atoms with Crippen molar-refractivity contribution in [2.75, 3.05) is 0 Å². The molecule has 3 atom stereocenters. The maximum atomic E-state index is 12.4. The van der Waals surface area contributed by atoms with Crippen LogP contribution < -0.4 is 0 Å². The summed E-state index contributed by atoms with van der Waals surface area (Å²) in [5.74, 6) is -0.903. The first-order chi connectivity index (χ1) is 15.5. The number of rotatable bonds is 6. The topological polar surface area (TPSA) is 65.1 Å². The lowest BCUT2D eigenvalue weighted by molar-refractivity contribution is -0.529. The predicted molar refractivity (Wildman–Crippen MR) is 125 cm³/mol. The second-order valence-corrected chi connectivity index (χ2v) is 8.62. The Labute approximate surface area is 186 Å². The minimum absolute atomic E-state index is 0.0298. The van der Waals surface area contributed by atoms with Crippen LogP contribution in [-0.2, 0) is 11.3 Å². The Balaban J connectivity index is 1.77. The molecule has 5 heteroatoms.